The number of nitrogens with two attached hydrogens (primary N) is 2. The summed E-state index contributed by atoms with van der Waals surface area (Å²) < 4.78 is 2.12. The number of benzene rings is 2. The van der Waals surface area contributed by atoms with Gasteiger partial charge in [-0.3, -0.25) is 9.59 Å². The second-order valence-corrected chi connectivity index (χ2v) is 6.56. The summed E-state index contributed by atoms with van der Waals surface area (Å²) in [4.78, 5) is 23.5. The number of nitrogens with zero attached hydrogens (tertiary/aromatic N) is 1. The number of hydrogen-bond donors (Lipinski definition) is 3. The lowest BCUT2D eigenvalue weighted by atomic mass is 10.1. The van der Waals surface area contributed by atoms with Crippen LogP contribution < -0.4 is 16.8 Å². The van der Waals surface area contributed by atoms with Crippen molar-refractivity contribution in [2.45, 2.75) is 32.2 Å². The molecule has 0 aliphatic rings. The number of primary amides is 1. The number of aryl methyl sites for hydroxylation is 1. The molecule has 0 aliphatic carbocycles. The third-order valence-electron chi connectivity index (χ3n) is 4.62. The molecule has 0 aliphatic heterocycles. The van der Waals surface area contributed by atoms with Gasteiger partial charge in [0, 0.05) is 35.6 Å². The maximum Gasteiger partial charge on any atom is 0.249 e. The van der Waals surface area contributed by atoms with Gasteiger partial charge in [0.2, 0.25) is 11.8 Å². The SMILES string of the molecule is NC(=O)c1cccc2c1ccn2CCCCCC(=O)Nc1ccccc1N. The highest BCUT2D eigenvalue weighted by Gasteiger charge is 2.09. The van der Waals surface area contributed by atoms with Gasteiger partial charge in [0.25, 0.3) is 0 Å². The Morgan fingerprint density at radius 1 is 0.963 bits per heavy atom. The van der Waals surface area contributed by atoms with E-state index >= 15 is 0 Å². The number of rotatable bonds is 8. The number of unbranched alkanes of at least 4 members (excludes halogenated alkanes) is 2. The molecule has 0 spiro atoms. The number of fused-ring (bicyclic) bond motifs is 1. The molecule has 0 saturated heterocycles. The number of amides is 2. The Morgan fingerprint density at radius 3 is 2.56 bits per heavy atom. The first kappa shape index (κ1) is 18.5. The van der Waals surface area contributed by atoms with Crippen LogP contribution in [-0.2, 0) is 11.3 Å². The number of anilines is 2. The van der Waals surface area contributed by atoms with Gasteiger partial charge < -0.3 is 21.4 Å². The van der Waals surface area contributed by atoms with Crippen LogP contribution in [-0.4, -0.2) is 16.4 Å². The summed E-state index contributed by atoms with van der Waals surface area (Å²) in [5.41, 5.74) is 14.0. The van der Waals surface area contributed by atoms with Crippen molar-refractivity contribution in [3.8, 4) is 0 Å². The van der Waals surface area contributed by atoms with Gasteiger partial charge in [-0.15, -0.1) is 0 Å². The molecule has 0 radical (unpaired) electrons. The first-order chi connectivity index (χ1) is 13.1. The van der Waals surface area contributed by atoms with Crippen LogP contribution in [0, 0.1) is 0 Å². The average Bonchev–Trinajstić information content (AvgIpc) is 3.06. The van der Waals surface area contributed by atoms with Crippen molar-refractivity contribution in [2.75, 3.05) is 11.1 Å². The van der Waals surface area contributed by atoms with Crippen LogP contribution in [0.25, 0.3) is 10.9 Å². The third kappa shape index (κ3) is 4.47. The molecular formula is C21H24N4O2. The van der Waals surface area contributed by atoms with E-state index in [9.17, 15) is 9.59 Å². The van der Waals surface area contributed by atoms with E-state index in [1.807, 2.05) is 36.5 Å². The van der Waals surface area contributed by atoms with Crippen LogP contribution >= 0.6 is 0 Å². The molecule has 27 heavy (non-hydrogen) atoms. The highest BCUT2D eigenvalue weighted by atomic mass is 16.1. The average molecular weight is 364 g/mol. The van der Waals surface area contributed by atoms with Gasteiger partial charge in [-0.1, -0.05) is 24.6 Å². The maximum absolute atomic E-state index is 12.0. The number of nitrogen functional groups attached to an aromatic ring is 1. The molecule has 3 aromatic rings. The normalized spacial score (nSPS) is 10.8. The van der Waals surface area contributed by atoms with Crippen LogP contribution in [0.5, 0.6) is 0 Å². The van der Waals surface area contributed by atoms with Crippen molar-refractivity contribution < 1.29 is 9.59 Å². The minimum atomic E-state index is -0.414. The first-order valence-electron chi connectivity index (χ1n) is 9.08. The molecule has 0 atom stereocenters. The molecule has 0 saturated carbocycles. The summed E-state index contributed by atoms with van der Waals surface area (Å²) in [6, 6.07) is 14.7. The van der Waals surface area contributed by atoms with Gasteiger partial charge in [0.1, 0.15) is 0 Å². The molecule has 2 amide bonds. The molecule has 0 bridgehead atoms. The second kappa shape index (κ2) is 8.40. The van der Waals surface area contributed by atoms with Gasteiger partial charge in [-0.2, -0.15) is 0 Å². The molecule has 3 rings (SSSR count). The first-order valence-corrected chi connectivity index (χ1v) is 9.08. The number of carbonyl (C=O) groups excluding carboxylic acids is 2. The summed E-state index contributed by atoms with van der Waals surface area (Å²) in [6.07, 6.45) is 5.14. The van der Waals surface area contributed by atoms with Crippen molar-refractivity contribution in [3.63, 3.8) is 0 Å². The van der Waals surface area contributed by atoms with Gasteiger partial charge in [0.05, 0.1) is 11.4 Å². The van der Waals surface area contributed by atoms with E-state index in [4.69, 9.17) is 11.5 Å². The predicted molar refractivity (Wildman–Crippen MR) is 108 cm³/mol. The number of hydrogen-bond acceptors (Lipinski definition) is 3. The van der Waals surface area contributed by atoms with Crippen LogP contribution in [0.1, 0.15) is 36.0 Å². The molecule has 2 aromatic carbocycles. The van der Waals surface area contributed by atoms with Gasteiger partial charge in [-0.05, 0) is 43.2 Å². The van der Waals surface area contributed by atoms with Crippen molar-refractivity contribution in [1.82, 2.24) is 4.57 Å². The highest BCUT2D eigenvalue weighted by molar-refractivity contribution is 6.05. The topological polar surface area (TPSA) is 103 Å². The molecular weight excluding hydrogens is 340 g/mol. The predicted octanol–water partition coefficient (Wildman–Crippen LogP) is 3.52. The Bertz CT molecular complexity index is 962. The Labute approximate surface area is 158 Å². The van der Waals surface area contributed by atoms with E-state index < -0.39 is 5.91 Å². The Balaban J connectivity index is 1.46. The fourth-order valence-electron chi connectivity index (χ4n) is 3.20. The van der Waals surface area contributed by atoms with Crippen LogP contribution in [0.4, 0.5) is 11.4 Å². The van der Waals surface area contributed by atoms with E-state index in [1.54, 1.807) is 18.2 Å². The van der Waals surface area contributed by atoms with E-state index in [-0.39, 0.29) is 5.91 Å². The fourth-order valence-corrected chi connectivity index (χ4v) is 3.20. The molecule has 1 heterocycles. The summed E-state index contributed by atoms with van der Waals surface area (Å²) in [7, 11) is 0. The number of carbonyl (C=O) groups is 2. The zero-order valence-electron chi connectivity index (χ0n) is 15.2. The summed E-state index contributed by atoms with van der Waals surface area (Å²) in [6.45, 7) is 0.832. The van der Waals surface area contributed by atoms with Crippen LogP contribution in [0.3, 0.4) is 0 Å². The Morgan fingerprint density at radius 2 is 1.78 bits per heavy atom. The molecule has 140 valence electrons. The monoisotopic (exact) mass is 364 g/mol. The molecule has 0 fully saturated rings. The standard InChI is InChI=1S/C21H24N4O2/c22-17-8-3-4-9-18(17)24-20(26)11-2-1-5-13-25-14-12-15-16(21(23)27)7-6-10-19(15)25/h3-4,6-10,12,14H,1-2,5,11,13,22H2,(H2,23,27)(H,24,26). The molecule has 6 nitrogen and oxygen atoms in total. The minimum absolute atomic E-state index is 0.0228. The van der Waals surface area contributed by atoms with E-state index in [1.165, 1.54) is 0 Å². The molecule has 6 heteroatoms. The quantitative estimate of drug-likeness (QED) is 0.421. The molecule has 1 aromatic heterocycles. The van der Waals surface area contributed by atoms with E-state index in [2.05, 4.69) is 9.88 Å². The van der Waals surface area contributed by atoms with Crippen molar-refractivity contribution >= 4 is 34.1 Å². The van der Waals surface area contributed by atoms with Crippen molar-refractivity contribution in [1.29, 1.82) is 0 Å². The number of aromatic nitrogens is 1. The summed E-state index contributed by atoms with van der Waals surface area (Å²) in [5.74, 6) is -0.436. The smallest absolute Gasteiger partial charge is 0.249 e. The largest absolute Gasteiger partial charge is 0.397 e. The highest BCUT2D eigenvalue weighted by Crippen LogP contribution is 2.21. The lowest BCUT2D eigenvalue weighted by molar-refractivity contribution is -0.116. The second-order valence-electron chi connectivity index (χ2n) is 6.56. The Hall–Kier alpha value is -3.28. The van der Waals surface area contributed by atoms with E-state index in [0.29, 0.717) is 23.4 Å². The third-order valence-corrected chi connectivity index (χ3v) is 4.62. The van der Waals surface area contributed by atoms with Gasteiger partial charge in [-0.25, -0.2) is 0 Å². The van der Waals surface area contributed by atoms with Gasteiger partial charge >= 0.3 is 0 Å². The summed E-state index contributed by atoms with van der Waals surface area (Å²) >= 11 is 0. The molecule has 0 unspecified atom stereocenters. The summed E-state index contributed by atoms with van der Waals surface area (Å²) in [5, 5.41) is 3.72. The fraction of sp³-hybridized carbons (Fsp3) is 0.238. The lowest BCUT2D eigenvalue weighted by Crippen LogP contribution is -2.12. The zero-order valence-corrected chi connectivity index (χ0v) is 15.2. The van der Waals surface area contributed by atoms with Crippen LogP contribution in [0.2, 0.25) is 0 Å². The van der Waals surface area contributed by atoms with Crippen LogP contribution in [0.15, 0.2) is 54.7 Å². The minimum Gasteiger partial charge on any atom is -0.397 e. The van der Waals surface area contributed by atoms with Crippen molar-refractivity contribution in [3.05, 3.63) is 60.3 Å². The Kier molecular flexibility index (Phi) is 5.76. The lowest BCUT2D eigenvalue weighted by Gasteiger charge is -2.08. The maximum atomic E-state index is 12.0. The van der Waals surface area contributed by atoms with Gasteiger partial charge in [0.15, 0.2) is 0 Å². The number of para-hydroxylation sites is 2. The zero-order chi connectivity index (χ0) is 19.2. The van der Waals surface area contributed by atoms with E-state index in [0.717, 1.165) is 36.7 Å². The molecule has 5 N–H and O–H groups in total. The number of nitrogens with one attached hydrogen (secondary N) is 1. The van der Waals surface area contributed by atoms with Crippen molar-refractivity contribution in [2.24, 2.45) is 5.73 Å².